The van der Waals surface area contributed by atoms with Crippen LogP contribution in [-0.4, -0.2) is 46.7 Å². The van der Waals surface area contributed by atoms with E-state index in [-0.39, 0.29) is 25.7 Å². The smallest absolute Gasteiger partial charge is 0.329 e. The minimum absolute atomic E-state index is 0.145. The predicted octanol–water partition coefficient (Wildman–Crippen LogP) is -0.692. The number of ether oxygens (including phenoxy) is 1. The van der Waals surface area contributed by atoms with Gasteiger partial charge in [0, 0.05) is 18.9 Å². The minimum Gasteiger partial charge on any atom is -0.480 e. The lowest BCUT2D eigenvalue weighted by atomic mass is 10.3. The van der Waals surface area contributed by atoms with Gasteiger partial charge in [0.05, 0.1) is 12.2 Å². The van der Waals surface area contributed by atoms with Crippen LogP contribution < -0.4 is 5.32 Å². The first-order valence-electron chi connectivity index (χ1n) is 4.53. The fourth-order valence-corrected chi connectivity index (χ4v) is 0.915. The number of carboxylic acid groups (broad SMARTS) is 1. The van der Waals surface area contributed by atoms with Crippen molar-refractivity contribution in [1.29, 1.82) is 0 Å². The summed E-state index contributed by atoms with van der Waals surface area (Å²) in [6.07, 6.45) is 4.10. The summed E-state index contributed by atoms with van der Waals surface area (Å²) in [4.78, 5) is 28.9. The highest BCUT2D eigenvalue weighted by molar-refractivity contribution is 5.93. The first-order valence-corrected chi connectivity index (χ1v) is 4.53. The summed E-state index contributed by atoms with van der Waals surface area (Å²) in [6, 6.07) is 0. The van der Waals surface area contributed by atoms with Crippen LogP contribution in [0.15, 0.2) is 18.7 Å². The van der Waals surface area contributed by atoms with Gasteiger partial charge in [-0.1, -0.05) is 0 Å². The molecule has 0 aliphatic carbocycles. The molecule has 1 amide bonds. The number of carboxylic acids is 1. The molecule has 0 atom stereocenters. The normalized spacial score (nSPS) is 9.75. The van der Waals surface area contributed by atoms with Crippen LogP contribution in [0, 0.1) is 0 Å². The van der Waals surface area contributed by atoms with Gasteiger partial charge in [-0.15, -0.1) is 0 Å². The zero-order valence-corrected chi connectivity index (χ0v) is 8.42. The summed E-state index contributed by atoms with van der Waals surface area (Å²) in [5.41, 5.74) is 0.348. The second kappa shape index (κ2) is 6.46. The lowest BCUT2D eigenvalue weighted by Crippen LogP contribution is -2.28. The van der Waals surface area contributed by atoms with E-state index in [4.69, 9.17) is 9.84 Å². The number of aromatic nitrogens is 2. The Balaban J connectivity index is 2.19. The maximum atomic E-state index is 11.4. The van der Waals surface area contributed by atoms with Gasteiger partial charge in [-0.2, -0.15) is 0 Å². The molecule has 0 saturated carbocycles. The highest BCUT2D eigenvalue weighted by Crippen LogP contribution is 1.91. The van der Waals surface area contributed by atoms with Crippen molar-refractivity contribution in [3.05, 3.63) is 24.3 Å². The van der Waals surface area contributed by atoms with E-state index in [0.717, 1.165) is 0 Å². The van der Waals surface area contributed by atoms with Gasteiger partial charge < -0.3 is 15.2 Å². The highest BCUT2D eigenvalue weighted by atomic mass is 16.5. The summed E-state index contributed by atoms with van der Waals surface area (Å²) in [5.74, 6) is -1.36. The number of nitrogens with zero attached hydrogens (tertiary/aromatic N) is 2. The molecule has 7 heteroatoms. The van der Waals surface area contributed by atoms with Crippen molar-refractivity contribution in [2.45, 2.75) is 0 Å². The van der Waals surface area contributed by atoms with Gasteiger partial charge in [-0.3, -0.25) is 4.79 Å². The maximum absolute atomic E-state index is 11.4. The van der Waals surface area contributed by atoms with E-state index in [1.54, 1.807) is 0 Å². The molecule has 7 nitrogen and oxygen atoms in total. The van der Waals surface area contributed by atoms with Crippen LogP contribution in [0.4, 0.5) is 0 Å². The number of hydrogen-bond acceptors (Lipinski definition) is 5. The van der Waals surface area contributed by atoms with E-state index < -0.39 is 5.97 Å². The van der Waals surface area contributed by atoms with E-state index in [9.17, 15) is 9.59 Å². The molecule has 2 N–H and O–H groups in total. The van der Waals surface area contributed by atoms with E-state index >= 15 is 0 Å². The molecule has 0 unspecified atom stereocenters. The maximum Gasteiger partial charge on any atom is 0.329 e. The Morgan fingerprint density at radius 1 is 1.38 bits per heavy atom. The van der Waals surface area contributed by atoms with E-state index in [2.05, 4.69) is 15.3 Å². The van der Waals surface area contributed by atoms with Crippen LogP contribution in [0.5, 0.6) is 0 Å². The lowest BCUT2D eigenvalue weighted by molar-refractivity contribution is -0.142. The second-order valence-corrected chi connectivity index (χ2v) is 2.83. The molecule has 16 heavy (non-hydrogen) atoms. The zero-order chi connectivity index (χ0) is 11.8. The summed E-state index contributed by atoms with van der Waals surface area (Å²) in [5, 5.41) is 10.8. The molecule has 1 aromatic rings. The Hall–Kier alpha value is -2.02. The van der Waals surface area contributed by atoms with Crippen LogP contribution >= 0.6 is 0 Å². The average Bonchev–Trinajstić information content (AvgIpc) is 2.29. The first-order chi connectivity index (χ1) is 7.70. The molecule has 0 saturated heterocycles. The van der Waals surface area contributed by atoms with Crippen LogP contribution in [0.2, 0.25) is 0 Å². The molecule has 1 rings (SSSR count). The predicted molar refractivity (Wildman–Crippen MR) is 52.8 cm³/mol. The molecule has 0 bridgehead atoms. The molecule has 1 aromatic heterocycles. The minimum atomic E-state index is -1.04. The SMILES string of the molecule is O=C(O)COCCNC(=O)c1cncnc1. The number of aliphatic carboxylic acids is 1. The molecule has 0 spiro atoms. The Labute approximate surface area is 91.5 Å². The molecule has 0 fully saturated rings. The van der Waals surface area contributed by atoms with E-state index in [0.29, 0.717) is 5.56 Å². The Morgan fingerprint density at radius 3 is 2.69 bits per heavy atom. The number of rotatable bonds is 6. The number of amides is 1. The van der Waals surface area contributed by atoms with Crippen LogP contribution in [0.1, 0.15) is 10.4 Å². The standard InChI is InChI=1S/C9H11N3O4/c13-8(14)5-16-2-1-12-9(15)7-3-10-6-11-4-7/h3-4,6H,1-2,5H2,(H,12,15)(H,13,14). The zero-order valence-electron chi connectivity index (χ0n) is 8.42. The van der Waals surface area contributed by atoms with Gasteiger partial charge in [0.2, 0.25) is 0 Å². The summed E-state index contributed by atoms with van der Waals surface area (Å²) in [6.45, 7) is 0.0110. The van der Waals surface area contributed by atoms with Gasteiger partial charge in [0.25, 0.3) is 5.91 Å². The van der Waals surface area contributed by atoms with Crippen molar-refractivity contribution in [2.75, 3.05) is 19.8 Å². The molecule has 0 aromatic carbocycles. The van der Waals surface area contributed by atoms with Gasteiger partial charge in [0.1, 0.15) is 12.9 Å². The Kier molecular flexibility index (Phi) is 4.87. The van der Waals surface area contributed by atoms with Crippen molar-refractivity contribution in [3.63, 3.8) is 0 Å². The monoisotopic (exact) mass is 225 g/mol. The topological polar surface area (TPSA) is 101 Å². The molecule has 1 heterocycles. The first kappa shape index (κ1) is 12.1. The van der Waals surface area contributed by atoms with Crippen LogP contribution in [0.3, 0.4) is 0 Å². The van der Waals surface area contributed by atoms with Gasteiger partial charge in [0.15, 0.2) is 0 Å². The molecule has 0 radical (unpaired) electrons. The third kappa shape index (κ3) is 4.47. The lowest BCUT2D eigenvalue weighted by Gasteiger charge is -2.04. The molecule has 0 aliphatic heterocycles. The van der Waals surface area contributed by atoms with Crippen molar-refractivity contribution in [1.82, 2.24) is 15.3 Å². The third-order valence-electron chi connectivity index (χ3n) is 1.58. The quantitative estimate of drug-likeness (QED) is 0.621. The van der Waals surface area contributed by atoms with Gasteiger partial charge >= 0.3 is 5.97 Å². The van der Waals surface area contributed by atoms with Crippen molar-refractivity contribution in [3.8, 4) is 0 Å². The van der Waals surface area contributed by atoms with Crippen LogP contribution in [-0.2, 0) is 9.53 Å². The van der Waals surface area contributed by atoms with Crippen molar-refractivity contribution >= 4 is 11.9 Å². The largest absolute Gasteiger partial charge is 0.480 e. The molecule has 0 aliphatic rings. The number of carbonyl (C=O) groups is 2. The number of hydrogen-bond donors (Lipinski definition) is 2. The molecular weight excluding hydrogens is 214 g/mol. The van der Waals surface area contributed by atoms with Crippen molar-refractivity contribution < 1.29 is 19.4 Å². The van der Waals surface area contributed by atoms with E-state index in [1.165, 1.54) is 18.7 Å². The summed E-state index contributed by atoms with van der Waals surface area (Å²) in [7, 11) is 0. The average molecular weight is 225 g/mol. The Bertz CT molecular complexity index is 355. The number of nitrogens with one attached hydrogen (secondary N) is 1. The fraction of sp³-hybridized carbons (Fsp3) is 0.333. The fourth-order valence-electron chi connectivity index (χ4n) is 0.915. The Morgan fingerprint density at radius 2 is 2.06 bits per heavy atom. The molecular formula is C9H11N3O4. The number of carbonyl (C=O) groups excluding carboxylic acids is 1. The van der Waals surface area contributed by atoms with Crippen molar-refractivity contribution in [2.24, 2.45) is 0 Å². The highest BCUT2D eigenvalue weighted by Gasteiger charge is 2.04. The van der Waals surface area contributed by atoms with Gasteiger partial charge in [-0.05, 0) is 0 Å². The summed E-state index contributed by atoms with van der Waals surface area (Å²) < 4.78 is 4.74. The third-order valence-corrected chi connectivity index (χ3v) is 1.58. The molecule has 86 valence electrons. The van der Waals surface area contributed by atoms with Gasteiger partial charge in [-0.25, -0.2) is 14.8 Å². The van der Waals surface area contributed by atoms with Crippen LogP contribution in [0.25, 0.3) is 0 Å². The summed E-state index contributed by atoms with van der Waals surface area (Å²) >= 11 is 0. The van der Waals surface area contributed by atoms with E-state index in [1.807, 2.05) is 0 Å². The second-order valence-electron chi connectivity index (χ2n) is 2.83.